The normalized spacial score (nSPS) is 14.5. The van der Waals surface area contributed by atoms with E-state index in [1.165, 1.54) is 50.2 Å². The first-order valence-corrected chi connectivity index (χ1v) is 12.8. The number of amides is 4. The molecular weight excluding hydrogens is 587 g/mol. The van der Waals surface area contributed by atoms with E-state index in [4.69, 9.17) is 23.2 Å². The van der Waals surface area contributed by atoms with Crippen molar-refractivity contribution >= 4 is 69.6 Å². The number of carbonyl (C=O) groups is 4. The molecule has 0 unspecified atom stereocenters. The van der Waals surface area contributed by atoms with Gasteiger partial charge in [0, 0.05) is 26.9 Å². The van der Waals surface area contributed by atoms with Gasteiger partial charge >= 0.3 is 5.91 Å². The lowest BCUT2D eigenvalue weighted by Gasteiger charge is -2.41. The highest BCUT2D eigenvalue weighted by molar-refractivity contribution is 6.34. The number of nitrogens with one attached hydrogen (secondary N) is 2. The Labute approximate surface area is 247 Å². The molecular formula is C25H31Cl3N6O6. The third-order valence-electron chi connectivity index (χ3n) is 6.28. The number of anilines is 4. The molecule has 1 aliphatic rings. The minimum Gasteiger partial charge on any atom is -1.00 e. The monoisotopic (exact) mass is 616 g/mol. The molecule has 1 fully saturated rings. The molecule has 0 aromatic heterocycles. The number of quaternary nitrogens is 1. The summed E-state index contributed by atoms with van der Waals surface area (Å²) >= 11 is 12.3. The molecule has 2 aromatic carbocycles. The van der Waals surface area contributed by atoms with E-state index in [9.17, 15) is 29.6 Å². The van der Waals surface area contributed by atoms with Crippen molar-refractivity contribution in [3.05, 3.63) is 46.4 Å². The van der Waals surface area contributed by atoms with Crippen LogP contribution in [-0.4, -0.2) is 89.7 Å². The predicted octanol–water partition coefficient (Wildman–Crippen LogP) is -0.179. The van der Waals surface area contributed by atoms with Crippen molar-refractivity contribution in [3.8, 4) is 0 Å². The molecule has 218 valence electrons. The summed E-state index contributed by atoms with van der Waals surface area (Å²) in [5.74, 6) is -1.70. The fourth-order valence-electron chi connectivity index (χ4n) is 4.10. The van der Waals surface area contributed by atoms with Crippen LogP contribution in [0.25, 0.3) is 0 Å². The molecule has 2 aromatic rings. The van der Waals surface area contributed by atoms with E-state index < -0.39 is 11.8 Å². The molecule has 3 rings (SSSR count). The summed E-state index contributed by atoms with van der Waals surface area (Å²) in [4.78, 5) is 49.8. The van der Waals surface area contributed by atoms with E-state index in [2.05, 4.69) is 10.6 Å². The lowest BCUT2D eigenvalue weighted by atomic mass is 10.2. The number of rotatable bonds is 8. The van der Waals surface area contributed by atoms with Crippen LogP contribution in [0.15, 0.2) is 36.4 Å². The van der Waals surface area contributed by atoms with Crippen molar-refractivity contribution in [1.29, 1.82) is 0 Å². The Hall–Kier alpha value is -2.97. The van der Waals surface area contributed by atoms with Crippen LogP contribution in [0.5, 0.6) is 0 Å². The van der Waals surface area contributed by atoms with Crippen LogP contribution >= 0.6 is 23.2 Å². The largest absolute Gasteiger partial charge is 1.00 e. The highest BCUT2D eigenvalue weighted by atomic mass is 35.5. The average molecular weight is 618 g/mol. The maximum Gasteiger partial charge on any atom is 0.305 e. The number of benzene rings is 2. The summed E-state index contributed by atoms with van der Waals surface area (Å²) in [5, 5.41) is 27.4. The molecule has 0 atom stereocenters. The first kappa shape index (κ1) is 33.2. The number of likely N-dealkylation sites (N-methyl/N-ethyl adjacent to an activating group) is 1. The molecule has 4 amide bonds. The van der Waals surface area contributed by atoms with Gasteiger partial charge in [-0.25, -0.2) is 0 Å². The van der Waals surface area contributed by atoms with E-state index in [0.29, 0.717) is 52.2 Å². The van der Waals surface area contributed by atoms with Gasteiger partial charge in [-0.05, 0) is 36.4 Å². The zero-order valence-corrected chi connectivity index (χ0v) is 24.4. The molecule has 40 heavy (non-hydrogen) atoms. The third-order valence-corrected chi connectivity index (χ3v) is 6.90. The van der Waals surface area contributed by atoms with Crippen LogP contribution in [0.1, 0.15) is 13.8 Å². The summed E-state index contributed by atoms with van der Waals surface area (Å²) < 4.78 is 0.335. The van der Waals surface area contributed by atoms with E-state index in [1.807, 2.05) is 11.9 Å². The fourth-order valence-corrected chi connectivity index (χ4v) is 4.54. The molecule has 0 bridgehead atoms. The molecule has 15 heteroatoms. The Balaban J connectivity index is 0.00000560. The van der Waals surface area contributed by atoms with Crippen LogP contribution < -0.4 is 33.2 Å². The number of hydroxylamine groups is 2. The standard InChI is InChI=1S/C25H30Cl2N6O6.ClH/c1-16(34)28-22-6-4-18(12-20(22)26)31(38)24(36)14-30-8-10-33(3,11-9-30)15-25(37)32(39)19-5-7-23(21(27)13-19)29-17(2)35;/h4-7,12-13,38-39H,8-11,14-15H2,1-3H3,(H-,28,29,34,35);1H. The van der Waals surface area contributed by atoms with Gasteiger partial charge < -0.3 is 27.5 Å². The second-order valence-corrected chi connectivity index (χ2v) is 10.4. The molecule has 0 aliphatic carbocycles. The van der Waals surface area contributed by atoms with Crippen molar-refractivity contribution in [2.75, 3.05) is 67.1 Å². The van der Waals surface area contributed by atoms with Crippen LogP contribution in [0.4, 0.5) is 22.7 Å². The van der Waals surface area contributed by atoms with Crippen LogP contribution in [0.3, 0.4) is 0 Å². The molecule has 0 spiro atoms. The molecule has 1 saturated heterocycles. The van der Waals surface area contributed by atoms with E-state index >= 15 is 0 Å². The minimum absolute atomic E-state index is 0. The van der Waals surface area contributed by atoms with Crippen molar-refractivity contribution in [2.24, 2.45) is 0 Å². The van der Waals surface area contributed by atoms with Gasteiger partial charge in [-0.2, -0.15) is 10.1 Å². The van der Waals surface area contributed by atoms with E-state index in [0.717, 1.165) is 0 Å². The molecule has 1 aliphatic heterocycles. The van der Waals surface area contributed by atoms with E-state index in [1.54, 1.807) is 0 Å². The summed E-state index contributed by atoms with van der Waals surface area (Å²) in [6.45, 7) is 4.65. The van der Waals surface area contributed by atoms with Gasteiger partial charge in [-0.3, -0.25) is 34.5 Å². The number of nitrogens with zero attached hydrogens (tertiary/aromatic N) is 4. The Kier molecular flexibility index (Phi) is 11.7. The van der Waals surface area contributed by atoms with Crippen molar-refractivity contribution in [2.45, 2.75) is 13.8 Å². The van der Waals surface area contributed by atoms with Gasteiger partial charge in [0.1, 0.15) is 0 Å². The average Bonchev–Trinajstić information content (AvgIpc) is 2.86. The molecule has 0 radical (unpaired) electrons. The zero-order chi connectivity index (χ0) is 28.9. The van der Waals surface area contributed by atoms with Crippen molar-refractivity contribution in [3.63, 3.8) is 0 Å². The Morgan fingerprint density at radius 3 is 1.68 bits per heavy atom. The van der Waals surface area contributed by atoms with Gasteiger partial charge in [0.05, 0.1) is 59.5 Å². The first-order valence-electron chi connectivity index (χ1n) is 12.0. The van der Waals surface area contributed by atoms with Crippen LogP contribution in [0.2, 0.25) is 10.0 Å². The van der Waals surface area contributed by atoms with Crippen molar-refractivity contribution < 1.29 is 46.5 Å². The van der Waals surface area contributed by atoms with Gasteiger partial charge in [-0.1, -0.05) is 23.2 Å². The maximum absolute atomic E-state index is 12.8. The second-order valence-electron chi connectivity index (χ2n) is 9.60. The molecule has 0 saturated carbocycles. The predicted molar refractivity (Wildman–Crippen MR) is 147 cm³/mol. The number of hydrogen-bond acceptors (Lipinski definition) is 7. The highest BCUT2D eigenvalue weighted by Gasteiger charge is 2.34. The number of hydrogen-bond donors (Lipinski definition) is 4. The summed E-state index contributed by atoms with van der Waals surface area (Å²) in [6, 6.07) is 8.69. The Morgan fingerprint density at radius 2 is 1.27 bits per heavy atom. The number of carbonyl (C=O) groups excluding carboxylic acids is 4. The Bertz CT molecular complexity index is 1270. The van der Waals surface area contributed by atoms with E-state index in [-0.39, 0.29) is 58.7 Å². The maximum atomic E-state index is 12.8. The lowest BCUT2D eigenvalue weighted by molar-refractivity contribution is -0.906. The SMILES string of the molecule is CC(=O)Nc1ccc(N(O)C(=O)CN2CC[N+](C)(CC(=O)N(O)c3ccc(NC(C)=O)c(Cl)c3)CC2)cc1Cl.[Cl-]. The second kappa shape index (κ2) is 14.1. The molecule has 4 N–H and O–H groups in total. The van der Waals surface area contributed by atoms with Crippen LogP contribution in [-0.2, 0) is 19.2 Å². The number of halogens is 3. The fraction of sp³-hybridized carbons (Fsp3) is 0.360. The van der Waals surface area contributed by atoms with Gasteiger partial charge in [-0.15, -0.1) is 0 Å². The molecule has 1 heterocycles. The summed E-state index contributed by atoms with van der Waals surface area (Å²) in [5.41, 5.74) is 1.06. The third kappa shape index (κ3) is 8.77. The first-order chi connectivity index (χ1) is 18.3. The summed E-state index contributed by atoms with van der Waals surface area (Å²) in [6.07, 6.45) is 0. The topological polar surface area (TPSA) is 143 Å². The minimum atomic E-state index is -0.563. The van der Waals surface area contributed by atoms with Gasteiger partial charge in [0.2, 0.25) is 11.8 Å². The van der Waals surface area contributed by atoms with Crippen LogP contribution in [0, 0.1) is 0 Å². The molecule has 12 nitrogen and oxygen atoms in total. The lowest BCUT2D eigenvalue weighted by Crippen LogP contribution is -3.00. The van der Waals surface area contributed by atoms with Gasteiger partial charge in [0.15, 0.2) is 6.54 Å². The zero-order valence-electron chi connectivity index (χ0n) is 22.2. The number of piperazine rings is 1. The van der Waals surface area contributed by atoms with Crippen molar-refractivity contribution in [1.82, 2.24) is 4.90 Å². The smallest absolute Gasteiger partial charge is 0.305 e. The quantitative estimate of drug-likeness (QED) is 0.183. The summed E-state index contributed by atoms with van der Waals surface area (Å²) in [7, 11) is 1.88. The van der Waals surface area contributed by atoms with Gasteiger partial charge in [0.25, 0.3) is 5.91 Å². The highest BCUT2D eigenvalue weighted by Crippen LogP contribution is 2.28. The Morgan fingerprint density at radius 1 is 0.850 bits per heavy atom.